The second-order valence-corrected chi connectivity index (χ2v) is 16.9. The van der Waals surface area contributed by atoms with Gasteiger partial charge in [0.15, 0.2) is 0 Å². The van der Waals surface area contributed by atoms with Gasteiger partial charge in [0, 0.05) is 25.5 Å². The van der Waals surface area contributed by atoms with E-state index < -0.39 is 69.5 Å². The van der Waals surface area contributed by atoms with Gasteiger partial charge in [0.25, 0.3) is 0 Å². The molecule has 0 atom stereocenters. The fourth-order valence-corrected chi connectivity index (χ4v) is 8.47. The van der Waals surface area contributed by atoms with E-state index in [0.717, 1.165) is 70.1 Å². The van der Waals surface area contributed by atoms with Crippen LogP contribution in [0.15, 0.2) is 56.0 Å². The van der Waals surface area contributed by atoms with Crippen molar-refractivity contribution in [3.05, 3.63) is 36.4 Å². The Bertz CT molecular complexity index is 1730. The van der Waals surface area contributed by atoms with E-state index in [1.54, 1.807) is 0 Å². The third-order valence-electron chi connectivity index (χ3n) is 4.39. The van der Waals surface area contributed by atoms with E-state index in [0.29, 0.717) is 4.31 Å². The minimum Gasteiger partial charge on any atom is -0.284 e. The molecule has 0 saturated heterocycles. The standard InChI is InChI=1S/C17H24N4O10S5/c1-18-35(28,29)16-10-12(19-32(4,22)23)6-8-14(16)34(26,27)15-9-7-13(20-33(5,24)25)11-17(15)36(30,31)21(2)3/h6-11,18-20H,1-5H3. The van der Waals surface area contributed by atoms with Crippen molar-refractivity contribution in [1.29, 1.82) is 0 Å². The van der Waals surface area contributed by atoms with Crippen LogP contribution in [0, 0.1) is 0 Å². The van der Waals surface area contributed by atoms with Gasteiger partial charge >= 0.3 is 0 Å². The molecule has 2 aromatic carbocycles. The average Bonchev–Trinajstić information content (AvgIpc) is 2.70. The molecule has 0 bridgehead atoms. The summed E-state index contributed by atoms with van der Waals surface area (Å²) in [6, 6.07) is 5.16. The second kappa shape index (κ2) is 9.88. The van der Waals surface area contributed by atoms with Crippen molar-refractivity contribution < 1.29 is 42.1 Å². The molecule has 0 aromatic heterocycles. The van der Waals surface area contributed by atoms with Crippen molar-refractivity contribution in [3.8, 4) is 0 Å². The van der Waals surface area contributed by atoms with Crippen LogP contribution in [0.1, 0.15) is 0 Å². The SMILES string of the molecule is CNS(=O)(=O)c1cc(NS(C)(=O)=O)ccc1S(=O)(=O)c1ccc(NS(C)(=O)=O)cc1S(=O)(=O)N(C)C. The molecule has 2 aromatic rings. The van der Waals surface area contributed by atoms with E-state index in [-0.39, 0.29) is 11.4 Å². The van der Waals surface area contributed by atoms with E-state index in [4.69, 9.17) is 0 Å². The zero-order chi connectivity index (χ0) is 27.9. The van der Waals surface area contributed by atoms with E-state index in [9.17, 15) is 42.1 Å². The van der Waals surface area contributed by atoms with Crippen LogP contribution in [0.4, 0.5) is 11.4 Å². The molecule has 36 heavy (non-hydrogen) atoms. The maximum absolute atomic E-state index is 13.6. The molecule has 0 unspecified atom stereocenters. The van der Waals surface area contributed by atoms with Crippen molar-refractivity contribution >= 4 is 61.3 Å². The number of sulfone groups is 1. The van der Waals surface area contributed by atoms with Gasteiger partial charge in [-0.2, -0.15) is 0 Å². The third-order valence-corrected chi connectivity index (χ3v) is 11.0. The van der Waals surface area contributed by atoms with Crippen LogP contribution in [0.5, 0.6) is 0 Å². The largest absolute Gasteiger partial charge is 0.284 e. The molecule has 0 aliphatic heterocycles. The lowest BCUT2D eigenvalue weighted by Crippen LogP contribution is -2.26. The topological polar surface area (TPSA) is 210 Å². The summed E-state index contributed by atoms with van der Waals surface area (Å²) in [6.07, 6.45) is 1.60. The fraction of sp³-hybridized carbons (Fsp3) is 0.294. The first-order valence-corrected chi connectivity index (χ1v) is 17.7. The van der Waals surface area contributed by atoms with E-state index in [2.05, 4.69) is 0 Å². The quantitative estimate of drug-likeness (QED) is 0.314. The number of nitrogens with zero attached hydrogens (tertiary/aromatic N) is 1. The lowest BCUT2D eigenvalue weighted by atomic mass is 10.3. The highest BCUT2D eigenvalue weighted by Crippen LogP contribution is 2.35. The third kappa shape index (κ3) is 6.72. The van der Waals surface area contributed by atoms with Gasteiger partial charge in [-0.1, -0.05) is 0 Å². The molecule has 0 saturated carbocycles. The average molecular weight is 605 g/mol. The van der Waals surface area contributed by atoms with Gasteiger partial charge in [0.1, 0.15) is 9.79 Å². The van der Waals surface area contributed by atoms with E-state index in [1.165, 1.54) is 0 Å². The van der Waals surface area contributed by atoms with Crippen LogP contribution in [0.3, 0.4) is 0 Å². The second-order valence-electron chi connectivity index (χ2n) is 7.57. The minimum absolute atomic E-state index is 0.257. The Morgan fingerprint density at radius 1 is 0.611 bits per heavy atom. The van der Waals surface area contributed by atoms with Crippen molar-refractivity contribution in [2.45, 2.75) is 19.6 Å². The van der Waals surface area contributed by atoms with E-state index in [1.807, 2.05) is 14.2 Å². The smallest absolute Gasteiger partial charge is 0.243 e. The lowest BCUT2D eigenvalue weighted by molar-refractivity contribution is 0.517. The molecule has 0 heterocycles. The summed E-state index contributed by atoms with van der Waals surface area (Å²) in [5, 5.41) is 0. The van der Waals surface area contributed by atoms with Crippen molar-refractivity contribution in [3.63, 3.8) is 0 Å². The molecule has 14 nitrogen and oxygen atoms in total. The molecular formula is C17H24N4O10S5. The first-order chi connectivity index (χ1) is 16.1. The Hall–Kier alpha value is -2.29. The molecule has 0 aliphatic carbocycles. The van der Waals surface area contributed by atoms with Crippen LogP contribution >= 0.6 is 0 Å². The summed E-state index contributed by atoms with van der Waals surface area (Å²) in [5.74, 6) is 0. The first-order valence-electron chi connectivity index (χ1n) is 9.47. The van der Waals surface area contributed by atoms with Crippen LogP contribution in [-0.2, 0) is 49.9 Å². The number of nitrogens with one attached hydrogen (secondary N) is 3. The Labute approximate surface area is 210 Å². The highest BCUT2D eigenvalue weighted by atomic mass is 32.2. The molecule has 0 spiro atoms. The predicted octanol–water partition coefficient (Wildman–Crippen LogP) is -0.579. The monoisotopic (exact) mass is 604 g/mol. The predicted molar refractivity (Wildman–Crippen MR) is 132 cm³/mol. The Morgan fingerprint density at radius 3 is 1.36 bits per heavy atom. The number of hydrogen-bond donors (Lipinski definition) is 3. The van der Waals surface area contributed by atoms with E-state index >= 15 is 0 Å². The van der Waals surface area contributed by atoms with Gasteiger partial charge in [0.05, 0.1) is 22.3 Å². The van der Waals surface area contributed by atoms with Crippen LogP contribution in [-0.4, -0.2) is 80.0 Å². The summed E-state index contributed by atoms with van der Waals surface area (Å²) in [6.45, 7) is 0. The molecule has 0 radical (unpaired) electrons. The van der Waals surface area contributed by atoms with Crippen LogP contribution in [0.2, 0.25) is 0 Å². The maximum Gasteiger partial charge on any atom is 0.243 e. The number of sulfonamides is 4. The summed E-state index contributed by atoms with van der Waals surface area (Å²) < 4.78 is 132. The zero-order valence-electron chi connectivity index (χ0n) is 19.5. The normalized spacial score (nSPS) is 13.5. The maximum atomic E-state index is 13.6. The molecule has 0 fully saturated rings. The van der Waals surface area contributed by atoms with Gasteiger partial charge in [0.2, 0.25) is 49.9 Å². The highest BCUT2D eigenvalue weighted by molar-refractivity contribution is 7.95. The molecule has 3 N–H and O–H groups in total. The number of benzene rings is 2. The highest BCUT2D eigenvalue weighted by Gasteiger charge is 2.34. The van der Waals surface area contributed by atoms with Crippen molar-refractivity contribution in [2.75, 3.05) is 43.1 Å². The number of hydrogen-bond acceptors (Lipinski definition) is 10. The lowest BCUT2D eigenvalue weighted by Gasteiger charge is -2.18. The molecule has 0 amide bonds. The summed E-state index contributed by atoms with van der Waals surface area (Å²) in [5.41, 5.74) is -0.522. The van der Waals surface area contributed by atoms with Crippen LogP contribution < -0.4 is 14.2 Å². The Morgan fingerprint density at radius 2 is 1.00 bits per heavy atom. The zero-order valence-corrected chi connectivity index (χ0v) is 23.6. The summed E-state index contributed by atoms with van der Waals surface area (Å²) >= 11 is 0. The van der Waals surface area contributed by atoms with Gasteiger partial charge in [-0.25, -0.2) is 51.1 Å². The molecule has 2 rings (SSSR count). The van der Waals surface area contributed by atoms with Crippen LogP contribution in [0.25, 0.3) is 0 Å². The summed E-state index contributed by atoms with van der Waals surface area (Å²) in [7, 11) is -18.4. The number of rotatable bonds is 10. The van der Waals surface area contributed by atoms with Gasteiger partial charge in [-0.3, -0.25) is 9.44 Å². The van der Waals surface area contributed by atoms with Crippen molar-refractivity contribution in [1.82, 2.24) is 9.03 Å². The molecule has 202 valence electrons. The molecule has 0 aliphatic rings. The minimum atomic E-state index is -4.91. The first kappa shape index (κ1) is 29.9. The van der Waals surface area contributed by atoms with Gasteiger partial charge in [-0.15, -0.1) is 0 Å². The molecular weight excluding hydrogens is 581 g/mol. The van der Waals surface area contributed by atoms with Crippen molar-refractivity contribution in [2.24, 2.45) is 0 Å². The Balaban J connectivity index is 2.95. The number of anilines is 2. The summed E-state index contributed by atoms with van der Waals surface area (Å²) in [4.78, 5) is -3.38. The van der Waals surface area contributed by atoms with Gasteiger partial charge in [-0.05, 0) is 43.4 Å². The fourth-order valence-electron chi connectivity index (χ4n) is 2.85. The van der Waals surface area contributed by atoms with Gasteiger partial charge < -0.3 is 0 Å². The Kier molecular flexibility index (Phi) is 8.21. The molecule has 19 heteroatoms.